The number of hydrogen-bond donors (Lipinski definition) is 2. The normalized spacial score (nSPS) is 12.3. The summed E-state index contributed by atoms with van der Waals surface area (Å²) in [6.45, 7) is 3.82. The van der Waals surface area contributed by atoms with Crippen LogP contribution in [0.3, 0.4) is 0 Å². The van der Waals surface area contributed by atoms with E-state index in [1.165, 1.54) is 5.56 Å². The van der Waals surface area contributed by atoms with Crippen LogP contribution in [0.15, 0.2) is 53.7 Å². The standard InChI is InChI=1S/C21H28N6O.HI/c1-16(17-7-9-18(28-3)10-8-17)11-13-23-21(22-2)24-14-12-20-26-25-19-6-4-5-15-27(19)20;/h4-10,15-16H,11-14H2,1-3H3,(H2,22,23,24);1H. The van der Waals surface area contributed by atoms with Crippen molar-refractivity contribution < 1.29 is 4.74 Å². The second kappa shape index (κ2) is 11.6. The van der Waals surface area contributed by atoms with E-state index in [4.69, 9.17) is 4.74 Å². The fourth-order valence-corrected chi connectivity index (χ4v) is 3.08. The van der Waals surface area contributed by atoms with E-state index in [1.807, 2.05) is 40.9 Å². The third kappa shape index (κ3) is 6.31. The largest absolute Gasteiger partial charge is 0.497 e. The van der Waals surface area contributed by atoms with Crippen LogP contribution < -0.4 is 15.4 Å². The Kier molecular flexibility index (Phi) is 9.17. The highest BCUT2D eigenvalue weighted by molar-refractivity contribution is 14.0. The van der Waals surface area contributed by atoms with E-state index in [-0.39, 0.29) is 24.0 Å². The first-order chi connectivity index (χ1) is 13.7. The molecule has 1 unspecified atom stereocenters. The molecule has 2 aromatic heterocycles. The average Bonchev–Trinajstić information content (AvgIpc) is 3.15. The molecule has 0 saturated heterocycles. The van der Waals surface area contributed by atoms with Crippen molar-refractivity contribution >= 4 is 35.6 Å². The molecular formula is C21H29IN6O. The van der Waals surface area contributed by atoms with Gasteiger partial charge in [-0.25, -0.2) is 0 Å². The molecular weight excluding hydrogens is 479 g/mol. The first-order valence-corrected chi connectivity index (χ1v) is 9.58. The number of ether oxygens (including phenoxy) is 1. The maximum Gasteiger partial charge on any atom is 0.190 e. The molecule has 2 N–H and O–H groups in total. The molecule has 8 heteroatoms. The van der Waals surface area contributed by atoms with Gasteiger partial charge in [0.1, 0.15) is 11.6 Å². The smallest absolute Gasteiger partial charge is 0.190 e. The van der Waals surface area contributed by atoms with E-state index < -0.39 is 0 Å². The second-order valence-electron chi connectivity index (χ2n) is 6.68. The van der Waals surface area contributed by atoms with Crippen molar-refractivity contribution in [2.45, 2.75) is 25.7 Å². The summed E-state index contributed by atoms with van der Waals surface area (Å²) >= 11 is 0. The third-order valence-electron chi connectivity index (χ3n) is 4.80. The molecule has 0 aliphatic rings. The van der Waals surface area contributed by atoms with E-state index in [0.717, 1.165) is 49.1 Å². The molecule has 7 nitrogen and oxygen atoms in total. The number of aliphatic imine (C=N–C) groups is 1. The Bertz CT molecular complexity index is 909. The number of halogens is 1. The number of nitrogens with zero attached hydrogens (tertiary/aromatic N) is 4. The van der Waals surface area contributed by atoms with Gasteiger partial charge in [-0.05, 0) is 42.2 Å². The molecule has 0 radical (unpaired) electrons. The highest BCUT2D eigenvalue weighted by atomic mass is 127. The van der Waals surface area contributed by atoms with Crippen molar-refractivity contribution in [3.8, 4) is 5.75 Å². The Morgan fingerprint density at radius 3 is 2.59 bits per heavy atom. The summed E-state index contributed by atoms with van der Waals surface area (Å²) in [4.78, 5) is 4.30. The van der Waals surface area contributed by atoms with Crippen molar-refractivity contribution in [3.63, 3.8) is 0 Å². The van der Waals surface area contributed by atoms with Gasteiger partial charge in [0.25, 0.3) is 0 Å². The van der Waals surface area contributed by atoms with Gasteiger partial charge in [-0.1, -0.05) is 25.1 Å². The summed E-state index contributed by atoms with van der Waals surface area (Å²) in [6, 6.07) is 14.2. The van der Waals surface area contributed by atoms with Crippen LogP contribution in [0, 0.1) is 0 Å². The second-order valence-corrected chi connectivity index (χ2v) is 6.68. The molecule has 0 spiro atoms. The summed E-state index contributed by atoms with van der Waals surface area (Å²) in [5, 5.41) is 15.2. The quantitative estimate of drug-likeness (QED) is 0.278. The Labute approximate surface area is 189 Å². The zero-order chi connectivity index (χ0) is 19.8. The Morgan fingerprint density at radius 2 is 1.86 bits per heavy atom. The van der Waals surface area contributed by atoms with Gasteiger partial charge in [0, 0.05) is 32.8 Å². The van der Waals surface area contributed by atoms with Gasteiger partial charge in [0.2, 0.25) is 0 Å². The number of guanidine groups is 1. The molecule has 156 valence electrons. The van der Waals surface area contributed by atoms with Crippen LogP contribution in [0.2, 0.25) is 0 Å². The monoisotopic (exact) mass is 508 g/mol. The minimum absolute atomic E-state index is 0. The van der Waals surface area contributed by atoms with Gasteiger partial charge < -0.3 is 15.4 Å². The van der Waals surface area contributed by atoms with Crippen LogP contribution in [0.25, 0.3) is 5.65 Å². The zero-order valence-electron chi connectivity index (χ0n) is 17.1. The van der Waals surface area contributed by atoms with E-state index >= 15 is 0 Å². The van der Waals surface area contributed by atoms with Crippen LogP contribution >= 0.6 is 24.0 Å². The molecule has 1 aromatic carbocycles. The third-order valence-corrected chi connectivity index (χ3v) is 4.80. The van der Waals surface area contributed by atoms with Crippen LogP contribution in [0.4, 0.5) is 0 Å². The first-order valence-electron chi connectivity index (χ1n) is 9.58. The molecule has 2 heterocycles. The lowest BCUT2D eigenvalue weighted by atomic mass is 9.98. The fourth-order valence-electron chi connectivity index (χ4n) is 3.08. The van der Waals surface area contributed by atoms with Gasteiger partial charge in [-0.15, -0.1) is 34.2 Å². The highest BCUT2D eigenvalue weighted by Crippen LogP contribution is 2.21. The number of rotatable bonds is 8. The van der Waals surface area contributed by atoms with Gasteiger partial charge in [-0.3, -0.25) is 9.39 Å². The van der Waals surface area contributed by atoms with Crippen LogP contribution in [0.1, 0.15) is 30.7 Å². The molecule has 0 fully saturated rings. The Hall–Kier alpha value is -2.36. The molecule has 1 atom stereocenters. The SMILES string of the molecule is CN=C(NCCc1nnc2ccccn12)NCCC(C)c1ccc(OC)cc1.I. The molecule has 3 rings (SSSR count). The molecule has 29 heavy (non-hydrogen) atoms. The summed E-state index contributed by atoms with van der Waals surface area (Å²) < 4.78 is 7.23. The molecule has 0 amide bonds. The maximum absolute atomic E-state index is 5.22. The molecule has 3 aromatic rings. The lowest BCUT2D eigenvalue weighted by molar-refractivity contribution is 0.414. The number of methoxy groups -OCH3 is 1. The van der Waals surface area contributed by atoms with Crippen molar-refractivity contribution in [2.24, 2.45) is 4.99 Å². The predicted octanol–water partition coefficient (Wildman–Crippen LogP) is 3.26. The topological polar surface area (TPSA) is 75.8 Å². The molecule has 0 bridgehead atoms. The van der Waals surface area contributed by atoms with E-state index in [2.05, 4.69) is 44.9 Å². The molecule has 0 aliphatic carbocycles. The van der Waals surface area contributed by atoms with Gasteiger partial charge in [0.15, 0.2) is 11.6 Å². The van der Waals surface area contributed by atoms with Crippen molar-refractivity contribution in [2.75, 3.05) is 27.2 Å². The Balaban J connectivity index is 0.00000300. The minimum atomic E-state index is 0. The average molecular weight is 508 g/mol. The van der Waals surface area contributed by atoms with Crippen LogP contribution in [-0.2, 0) is 6.42 Å². The maximum atomic E-state index is 5.22. The van der Waals surface area contributed by atoms with Crippen molar-refractivity contribution in [1.82, 2.24) is 25.2 Å². The number of benzene rings is 1. The van der Waals surface area contributed by atoms with Gasteiger partial charge in [0.05, 0.1) is 7.11 Å². The summed E-state index contributed by atoms with van der Waals surface area (Å²) in [5.74, 6) is 3.08. The fraction of sp³-hybridized carbons (Fsp3) is 0.381. The first kappa shape index (κ1) is 22.9. The van der Waals surface area contributed by atoms with Crippen molar-refractivity contribution in [3.05, 3.63) is 60.0 Å². The number of fused-ring (bicyclic) bond motifs is 1. The van der Waals surface area contributed by atoms with Crippen LogP contribution in [0.5, 0.6) is 5.75 Å². The van der Waals surface area contributed by atoms with Gasteiger partial charge >= 0.3 is 0 Å². The molecule has 0 aliphatic heterocycles. The lowest BCUT2D eigenvalue weighted by Gasteiger charge is -2.15. The van der Waals surface area contributed by atoms with E-state index in [1.54, 1.807) is 14.2 Å². The number of pyridine rings is 1. The number of aromatic nitrogens is 3. The predicted molar refractivity (Wildman–Crippen MR) is 127 cm³/mol. The van der Waals surface area contributed by atoms with Gasteiger partial charge in [-0.2, -0.15) is 0 Å². The van der Waals surface area contributed by atoms with Crippen molar-refractivity contribution in [1.29, 1.82) is 0 Å². The summed E-state index contributed by atoms with van der Waals surface area (Å²) in [6.07, 6.45) is 3.77. The van der Waals surface area contributed by atoms with Crippen LogP contribution in [-0.4, -0.2) is 47.8 Å². The number of hydrogen-bond acceptors (Lipinski definition) is 4. The zero-order valence-corrected chi connectivity index (χ0v) is 19.5. The minimum Gasteiger partial charge on any atom is -0.497 e. The van der Waals surface area contributed by atoms with E-state index in [0.29, 0.717) is 5.92 Å². The highest BCUT2D eigenvalue weighted by Gasteiger charge is 2.07. The Morgan fingerprint density at radius 1 is 1.10 bits per heavy atom. The van der Waals surface area contributed by atoms with E-state index in [9.17, 15) is 0 Å². The lowest BCUT2D eigenvalue weighted by Crippen LogP contribution is -2.39. The summed E-state index contributed by atoms with van der Waals surface area (Å²) in [5.41, 5.74) is 2.18. The summed E-state index contributed by atoms with van der Waals surface area (Å²) in [7, 11) is 3.47. The molecule has 0 saturated carbocycles. The number of nitrogens with one attached hydrogen (secondary N) is 2.